The molecule has 3 heteroatoms. The molecule has 28 heavy (non-hydrogen) atoms. The van der Waals surface area contributed by atoms with Crippen molar-refractivity contribution < 1.29 is 14.2 Å². The van der Waals surface area contributed by atoms with E-state index in [1.165, 1.54) is 57.8 Å². The molecule has 0 bridgehead atoms. The lowest BCUT2D eigenvalue weighted by molar-refractivity contribution is 0.234. The molecule has 0 aliphatic carbocycles. The summed E-state index contributed by atoms with van der Waals surface area (Å²) < 4.78 is 18.4. The highest BCUT2D eigenvalue weighted by molar-refractivity contribution is 5.53. The van der Waals surface area contributed by atoms with E-state index in [9.17, 15) is 0 Å². The average molecular weight is 393 g/mol. The Morgan fingerprint density at radius 3 is 1.32 bits per heavy atom. The van der Waals surface area contributed by atoms with Gasteiger partial charge in [0.05, 0.1) is 19.8 Å². The lowest BCUT2D eigenvalue weighted by Crippen LogP contribution is -2.06. The molecule has 0 spiro atoms. The zero-order valence-electron chi connectivity index (χ0n) is 19.0. The number of unbranched alkanes of at least 4 members (excludes halogenated alkanes) is 9. The Labute approximate surface area is 174 Å². The Kier molecular flexibility index (Phi) is 14.6. The molecular weight excluding hydrogens is 348 g/mol. The maximum atomic E-state index is 6.18. The molecule has 0 atom stereocenters. The quantitative estimate of drug-likeness (QED) is 0.238. The first-order valence-electron chi connectivity index (χ1n) is 11.8. The van der Waals surface area contributed by atoms with Gasteiger partial charge in [0.2, 0.25) is 5.75 Å². The van der Waals surface area contributed by atoms with Crippen LogP contribution in [-0.4, -0.2) is 19.8 Å². The predicted molar refractivity (Wildman–Crippen MR) is 120 cm³/mol. The molecule has 0 saturated heterocycles. The molecule has 1 aromatic carbocycles. The Balaban J connectivity index is 2.72. The van der Waals surface area contributed by atoms with Gasteiger partial charge in [0.25, 0.3) is 0 Å². The molecule has 0 heterocycles. The fourth-order valence-electron chi connectivity index (χ4n) is 3.19. The minimum atomic E-state index is 0.724. The standard InChI is InChI=1S/C25H44O3/c1-5-8-11-14-17-26-23-20-22(4)21-24(27-18-15-12-9-6-2)25(23)28-19-16-13-10-7-3/h20-21H,5-19H2,1-4H3. The van der Waals surface area contributed by atoms with Gasteiger partial charge in [0, 0.05) is 0 Å². The van der Waals surface area contributed by atoms with Crippen molar-refractivity contribution in [2.45, 2.75) is 105 Å². The minimum absolute atomic E-state index is 0.724. The maximum Gasteiger partial charge on any atom is 0.203 e. The topological polar surface area (TPSA) is 27.7 Å². The second kappa shape index (κ2) is 16.6. The SMILES string of the molecule is CCCCCCOc1cc(C)cc(OCCCCCC)c1OCCCCCC. The molecular formula is C25H44O3. The van der Waals surface area contributed by atoms with Gasteiger partial charge in [0.15, 0.2) is 11.5 Å². The van der Waals surface area contributed by atoms with Crippen molar-refractivity contribution in [3.8, 4) is 17.2 Å². The lowest BCUT2D eigenvalue weighted by Gasteiger charge is -2.18. The summed E-state index contributed by atoms with van der Waals surface area (Å²) in [5.74, 6) is 2.49. The van der Waals surface area contributed by atoms with E-state index >= 15 is 0 Å². The number of ether oxygens (including phenoxy) is 3. The zero-order chi connectivity index (χ0) is 20.5. The summed E-state index contributed by atoms with van der Waals surface area (Å²) in [5.41, 5.74) is 1.16. The van der Waals surface area contributed by atoms with E-state index in [0.717, 1.165) is 61.9 Å². The maximum absolute atomic E-state index is 6.18. The third-order valence-corrected chi connectivity index (χ3v) is 4.92. The van der Waals surface area contributed by atoms with E-state index in [1.807, 2.05) is 0 Å². The van der Waals surface area contributed by atoms with Crippen molar-refractivity contribution in [3.05, 3.63) is 17.7 Å². The molecule has 0 fully saturated rings. The molecule has 0 amide bonds. The molecule has 3 nitrogen and oxygen atoms in total. The number of hydrogen-bond donors (Lipinski definition) is 0. The van der Waals surface area contributed by atoms with Gasteiger partial charge in [-0.25, -0.2) is 0 Å². The minimum Gasteiger partial charge on any atom is -0.490 e. The van der Waals surface area contributed by atoms with E-state index < -0.39 is 0 Å². The zero-order valence-corrected chi connectivity index (χ0v) is 19.0. The highest BCUT2D eigenvalue weighted by Crippen LogP contribution is 2.39. The molecule has 0 N–H and O–H groups in total. The van der Waals surface area contributed by atoms with Crippen LogP contribution in [-0.2, 0) is 0 Å². The van der Waals surface area contributed by atoms with Crippen molar-refractivity contribution in [1.29, 1.82) is 0 Å². The summed E-state index contributed by atoms with van der Waals surface area (Å²) in [5, 5.41) is 0. The Hall–Kier alpha value is -1.38. The smallest absolute Gasteiger partial charge is 0.203 e. The fourth-order valence-corrected chi connectivity index (χ4v) is 3.19. The molecule has 162 valence electrons. The first kappa shape index (κ1) is 24.7. The third kappa shape index (κ3) is 10.8. The van der Waals surface area contributed by atoms with Gasteiger partial charge in [-0.05, 0) is 43.9 Å². The predicted octanol–water partition coefficient (Wildman–Crippen LogP) is 7.87. The van der Waals surface area contributed by atoms with E-state index in [4.69, 9.17) is 14.2 Å². The number of benzene rings is 1. The molecule has 0 unspecified atom stereocenters. The van der Waals surface area contributed by atoms with Crippen molar-refractivity contribution in [2.75, 3.05) is 19.8 Å². The van der Waals surface area contributed by atoms with Gasteiger partial charge in [-0.1, -0.05) is 78.6 Å². The molecule has 0 radical (unpaired) electrons. The number of hydrogen-bond acceptors (Lipinski definition) is 3. The van der Waals surface area contributed by atoms with E-state index in [2.05, 4.69) is 39.8 Å². The van der Waals surface area contributed by atoms with Crippen LogP contribution in [0.25, 0.3) is 0 Å². The summed E-state index contributed by atoms with van der Waals surface area (Å²) in [6.45, 7) is 11.0. The van der Waals surface area contributed by atoms with Gasteiger partial charge in [-0.15, -0.1) is 0 Å². The Morgan fingerprint density at radius 1 is 0.536 bits per heavy atom. The van der Waals surface area contributed by atoms with E-state index in [-0.39, 0.29) is 0 Å². The summed E-state index contributed by atoms with van der Waals surface area (Å²) in [7, 11) is 0. The number of rotatable bonds is 18. The molecule has 1 aromatic rings. The highest BCUT2D eigenvalue weighted by atomic mass is 16.5. The average Bonchev–Trinajstić information content (AvgIpc) is 2.69. The monoisotopic (exact) mass is 392 g/mol. The molecule has 1 rings (SSSR count). The van der Waals surface area contributed by atoms with Crippen molar-refractivity contribution in [3.63, 3.8) is 0 Å². The van der Waals surface area contributed by atoms with Gasteiger partial charge >= 0.3 is 0 Å². The Morgan fingerprint density at radius 2 is 0.929 bits per heavy atom. The molecule has 0 saturated carbocycles. The largest absolute Gasteiger partial charge is 0.490 e. The van der Waals surface area contributed by atoms with Crippen LogP contribution in [0.2, 0.25) is 0 Å². The van der Waals surface area contributed by atoms with E-state index in [0.29, 0.717) is 0 Å². The number of aryl methyl sites for hydroxylation is 1. The van der Waals surface area contributed by atoms with Crippen LogP contribution in [0.4, 0.5) is 0 Å². The van der Waals surface area contributed by atoms with Crippen LogP contribution in [0, 0.1) is 6.92 Å². The molecule has 0 aromatic heterocycles. The second-order valence-corrected chi connectivity index (χ2v) is 7.82. The van der Waals surface area contributed by atoms with Crippen molar-refractivity contribution in [1.82, 2.24) is 0 Å². The van der Waals surface area contributed by atoms with Crippen molar-refractivity contribution >= 4 is 0 Å². The van der Waals surface area contributed by atoms with Crippen LogP contribution in [0.5, 0.6) is 17.2 Å². The highest BCUT2D eigenvalue weighted by Gasteiger charge is 2.14. The second-order valence-electron chi connectivity index (χ2n) is 7.82. The summed E-state index contributed by atoms with van der Waals surface area (Å²) in [6, 6.07) is 4.18. The van der Waals surface area contributed by atoms with Crippen LogP contribution in [0.1, 0.15) is 103 Å². The first-order chi connectivity index (χ1) is 13.7. The third-order valence-electron chi connectivity index (χ3n) is 4.92. The van der Waals surface area contributed by atoms with Gasteiger partial charge in [-0.3, -0.25) is 0 Å². The lowest BCUT2D eigenvalue weighted by atomic mass is 10.2. The van der Waals surface area contributed by atoms with Gasteiger partial charge in [0.1, 0.15) is 0 Å². The molecule has 0 aliphatic heterocycles. The van der Waals surface area contributed by atoms with Crippen LogP contribution < -0.4 is 14.2 Å². The normalized spacial score (nSPS) is 10.9. The fraction of sp³-hybridized carbons (Fsp3) is 0.760. The molecule has 0 aliphatic rings. The summed E-state index contributed by atoms with van der Waals surface area (Å²) in [4.78, 5) is 0. The van der Waals surface area contributed by atoms with Crippen LogP contribution >= 0.6 is 0 Å². The van der Waals surface area contributed by atoms with Crippen molar-refractivity contribution in [2.24, 2.45) is 0 Å². The van der Waals surface area contributed by atoms with E-state index in [1.54, 1.807) is 0 Å². The summed E-state index contributed by atoms with van der Waals surface area (Å²) in [6.07, 6.45) is 14.4. The van der Waals surface area contributed by atoms with Crippen LogP contribution in [0.3, 0.4) is 0 Å². The summed E-state index contributed by atoms with van der Waals surface area (Å²) >= 11 is 0. The van der Waals surface area contributed by atoms with Crippen LogP contribution in [0.15, 0.2) is 12.1 Å². The van der Waals surface area contributed by atoms with Gasteiger partial charge < -0.3 is 14.2 Å². The Bertz CT molecular complexity index is 464. The first-order valence-corrected chi connectivity index (χ1v) is 11.8. The van der Waals surface area contributed by atoms with Gasteiger partial charge in [-0.2, -0.15) is 0 Å².